The maximum Gasteiger partial charge on any atom is 0.257 e. The van der Waals surface area contributed by atoms with Crippen LogP contribution in [0.15, 0.2) is 23.1 Å². The minimum Gasteiger partial charge on any atom is -0.373 e. The first-order valence-corrected chi connectivity index (χ1v) is 11.8. The number of aromatic nitrogens is 2. The van der Waals surface area contributed by atoms with Gasteiger partial charge < -0.3 is 4.74 Å². The number of rotatable bonds is 5. The van der Waals surface area contributed by atoms with Gasteiger partial charge in [-0.25, -0.2) is 8.42 Å². The second-order valence-corrected chi connectivity index (χ2v) is 10.6. The second-order valence-electron chi connectivity index (χ2n) is 7.28. The molecule has 1 N–H and O–H groups in total. The van der Waals surface area contributed by atoms with Gasteiger partial charge in [0.1, 0.15) is 9.90 Å². The summed E-state index contributed by atoms with van der Waals surface area (Å²) in [7, 11) is -3.88. The second kappa shape index (κ2) is 8.65. The summed E-state index contributed by atoms with van der Waals surface area (Å²) in [4.78, 5) is 12.5. The van der Waals surface area contributed by atoms with Gasteiger partial charge in [0.05, 0.1) is 17.2 Å². The van der Waals surface area contributed by atoms with Crippen LogP contribution >= 0.6 is 22.9 Å². The Morgan fingerprint density at radius 1 is 1.28 bits per heavy atom. The first-order chi connectivity index (χ1) is 13.6. The van der Waals surface area contributed by atoms with Crippen LogP contribution < -0.4 is 5.32 Å². The van der Waals surface area contributed by atoms with Crippen molar-refractivity contribution in [3.05, 3.63) is 33.8 Å². The van der Waals surface area contributed by atoms with Crippen molar-refractivity contribution in [1.82, 2.24) is 14.5 Å². The van der Waals surface area contributed by atoms with Crippen LogP contribution in [0.5, 0.6) is 0 Å². The van der Waals surface area contributed by atoms with Gasteiger partial charge in [0, 0.05) is 24.6 Å². The van der Waals surface area contributed by atoms with Crippen molar-refractivity contribution in [2.75, 3.05) is 18.4 Å². The molecule has 1 aromatic carbocycles. The highest BCUT2D eigenvalue weighted by atomic mass is 35.5. The summed E-state index contributed by atoms with van der Waals surface area (Å²) >= 11 is 7.47. The Labute approximate surface area is 179 Å². The Morgan fingerprint density at radius 2 is 1.93 bits per heavy atom. The highest BCUT2D eigenvalue weighted by Crippen LogP contribution is 2.29. The molecule has 2 heterocycles. The summed E-state index contributed by atoms with van der Waals surface area (Å²) in [6, 6.07) is 4.18. The fourth-order valence-electron chi connectivity index (χ4n) is 3.00. The van der Waals surface area contributed by atoms with Crippen LogP contribution in [0.3, 0.4) is 0 Å². The van der Waals surface area contributed by atoms with Crippen LogP contribution in [-0.2, 0) is 14.8 Å². The third-order valence-electron chi connectivity index (χ3n) is 4.35. The molecule has 1 amide bonds. The van der Waals surface area contributed by atoms with E-state index in [4.69, 9.17) is 16.3 Å². The Hall–Kier alpha value is -1.59. The molecule has 0 radical (unpaired) electrons. The SMILES string of the molecule is CC1CN(S(=O)(=O)c2cc(C(=O)Nc3nnc(C(C)C)s3)ccc2Cl)CC(C)O1. The lowest BCUT2D eigenvalue weighted by Gasteiger charge is -2.34. The van der Waals surface area contributed by atoms with Crippen molar-refractivity contribution in [2.24, 2.45) is 0 Å². The number of halogens is 1. The lowest BCUT2D eigenvalue weighted by atomic mass is 10.2. The van der Waals surface area contributed by atoms with Crippen molar-refractivity contribution >= 4 is 44.0 Å². The number of nitrogens with zero attached hydrogens (tertiary/aromatic N) is 3. The molecule has 0 spiro atoms. The van der Waals surface area contributed by atoms with Crippen LogP contribution in [-0.4, -0.2) is 54.1 Å². The summed E-state index contributed by atoms with van der Waals surface area (Å²) in [5.41, 5.74) is 0.170. The zero-order valence-electron chi connectivity index (χ0n) is 16.5. The van der Waals surface area contributed by atoms with Gasteiger partial charge in [-0.05, 0) is 32.0 Å². The van der Waals surface area contributed by atoms with E-state index < -0.39 is 15.9 Å². The number of hydrogen-bond donors (Lipinski definition) is 1. The fourth-order valence-corrected chi connectivity index (χ4v) is 5.83. The number of ether oxygens (including phenoxy) is 1. The first-order valence-electron chi connectivity index (χ1n) is 9.18. The van der Waals surface area contributed by atoms with Crippen molar-refractivity contribution in [1.29, 1.82) is 0 Å². The molecule has 0 bridgehead atoms. The number of anilines is 1. The summed E-state index contributed by atoms with van der Waals surface area (Å²) in [5.74, 6) is -0.281. The van der Waals surface area contributed by atoms with Crippen molar-refractivity contribution < 1.29 is 17.9 Å². The largest absolute Gasteiger partial charge is 0.373 e. The molecule has 1 fully saturated rings. The van der Waals surface area contributed by atoms with E-state index in [0.717, 1.165) is 5.01 Å². The van der Waals surface area contributed by atoms with Gasteiger partial charge in [0.25, 0.3) is 5.91 Å². The van der Waals surface area contributed by atoms with Gasteiger partial charge in [-0.2, -0.15) is 4.31 Å². The molecular weight excluding hydrogens is 436 g/mol. The van der Waals surface area contributed by atoms with Crippen molar-refractivity contribution in [2.45, 2.75) is 50.7 Å². The number of morpholine rings is 1. The Bertz CT molecular complexity index is 999. The van der Waals surface area contributed by atoms with Gasteiger partial charge in [0.2, 0.25) is 15.2 Å². The van der Waals surface area contributed by atoms with Gasteiger partial charge in [-0.1, -0.05) is 36.8 Å². The standard InChI is InChI=1S/C18H23ClN4O4S2/c1-10(2)17-21-22-18(28-17)20-16(24)13-5-6-14(19)15(7-13)29(25,26)23-8-11(3)27-12(4)9-23/h5-7,10-12H,8-9H2,1-4H3,(H,20,22,24). The third kappa shape index (κ3) is 4.95. The molecule has 1 saturated heterocycles. The molecule has 29 heavy (non-hydrogen) atoms. The third-order valence-corrected chi connectivity index (χ3v) is 7.80. The molecule has 1 aliphatic heterocycles. The fraction of sp³-hybridized carbons (Fsp3) is 0.500. The number of carbonyl (C=O) groups excluding carboxylic acids is 1. The van der Waals surface area contributed by atoms with E-state index in [1.165, 1.54) is 33.8 Å². The molecule has 2 atom stereocenters. The van der Waals surface area contributed by atoms with E-state index in [1.54, 1.807) is 0 Å². The Kier molecular flexibility index (Phi) is 6.59. The van der Waals surface area contributed by atoms with Crippen molar-refractivity contribution in [3.63, 3.8) is 0 Å². The minimum atomic E-state index is -3.88. The Balaban J connectivity index is 1.86. The normalized spacial score (nSPS) is 20.8. The average Bonchev–Trinajstić information content (AvgIpc) is 3.10. The number of amides is 1. The van der Waals surface area contributed by atoms with E-state index in [2.05, 4.69) is 15.5 Å². The number of nitrogens with one attached hydrogen (secondary N) is 1. The summed E-state index contributed by atoms with van der Waals surface area (Å²) in [6.07, 6.45) is -0.460. The molecule has 1 aliphatic rings. The Morgan fingerprint density at radius 3 is 2.52 bits per heavy atom. The molecule has 1 aromatic heterocycles. The zero-order chi connectivity index (χ0) is 21.3. The highest BCUT2D eigenvalue weighted by Gasteiger charge is 2.34. The number of hydrogen-bond acceptors (Lipinski definition) is 7. The van der Waals surface area contributed by atoms with Crippen LogP contribution in [0.2, 0.25) is 5.02 Å². The van der Waals surface area contributed by atoms with Gasteiger partial charge in [-0.15, -0.1) is 10.2 Å². The lowest BCUT2D eigenvalue weighted by Crippen LogP contribution is -2.48. The quantitative estimate of drug-likeness (QED) is 0.737. The van der Waals surface area contributed by atoms with Crippen LogP contribution in [0.25, 0.3) is 0 Å². The summed E-state index contributed by atoms with van der Waals surface area (Å²) in [6.45, 7) is 8.05. The monoisotopic (exact) mass is 458 g/mol. The zero-order valence-corrected chi connectivity index (χ0v) is 18.9. The summed E-state index contributed by atoms with van der Waals surface area (Å²) < 4.78 is 33.2. The number of benzene rings is 1. The van der Waals surface area contributed by atoms with E-state index in [1.807, 2.05) is 27.7 Å². The molecule has 2 unspecified atom stereocenters. The van der Waals surface area contributed by atoms with Crippen molar-refractivity contribution in [3.8, 4) is 0 Å². The highest BCUT2D eigenvalue weighted by molar-refractivity contribution is 7.89. The molecule has 158 valence electrons. The van der Waals surface area contributed by atoms with Crippen LogP contribution in [0.4, 0.5) is 5.13 Å². The van der Waals surface area contributed by atoms with E-state index >= 15 is 0 Å². The molecule has 0 aliphatic carbocycles. The van der Waals surface area contributed by atoms with Gasteiger partial charge in [0.15, 0.2) is 0 Å². The average molecular weight is 459 g/mol. The molecular formula is C18H23ClN4O4S2. The van der Waals surface area contributed by atoms with E-state index in [0.29, 0.717) is 5.13 Å². The lowest BCUT2D eigenvalue weighted by molar-refractivity contribution is -0.0440. The first kappa shape index (κ1) is 22.1. The molecule has 0 saturated carbocycles. The number of carbonyl (C=O) groups is 1. The summed E-state index contributed by atoms with van der Waals surface area (Å²) in [5, 5.41) is 11.9. The maximum atomic E-state index is 13.1. The van der Waals surface area contributed by atoms with Crippen LogP contribution in [0, 0.1) is 0 Å². The minimum absolute atomic E-state index is 0.0614. The molecule has 8 nitrogen and oxygen atoms in total. The topological polar surface area (TPSA) is 101 Å². The van der Waals surface area contributed by atoms with Gasteiger partial charge in [-0.3, -0.25) is 10.1 Å². The van der Waals surface area contributed by atoms with E-state index in [9.17, 15) is 13.2 Å². The smallest absolute Gasteiger partial charge is 0.257 e. The molecule has 11 heteroatoms. The molecule has 3 rings (SSSR count). The van der Waals surface area contributed by atoms with E-state index in [-0.39, 0.29) is 46.7 Å². The van der Waals surface area contributed by atoms with Gasteiger partial charge >= 0.3 is 0 Å². The predicted octanol–water partition coefficient (Wildman–Crippen LogP) is 3.37. The molecule has 2 aromatic rings. The van der Waals surface area contributed by atoms with Crippen LogP contribution in [0.1, 0.15) is 49.0 Å². The number of sulfonamides is 1. The predicted molar refractivity (Wildman–Crippen MR) is 112 cm³/mol. The maximum absolute atomic E-state index is 13.1.